The molecule has 4 heterocycles. The van der Waals surface area contributed by atoms with Crippen molar-refractivity contribution in [3.05, 3.63) is 42.2 Å². The number of nitriles is 1. The van der Waals surface area contributed by atoms with Crippen LogP contribution in [0.4, 0.5) is 4.39 Å². The van der Waals surface area contributed by atoms with Crippen LogP contribution in [0, 0.1) is 23.1 Å². The van der Waals surface area contributed by atoms with Gasteiger partial charge in [0, 0.05) is 56.5 Å². The van der Waals surface area contributed by atoms with E-state index in [0.717, 1.165) is 44.2 Å². The Kier molecular flexibility index (Phi) is 7.85. The number of likely N-dealkylation sites (tertiary alicyclic amines) is 1. The minimum Gasteiger partial charge on any atom is -0.486 e. The number of hydrogen-bond acceptors (Lipinski definition) is 8. The molecular formula is C30H41FN6O3. The van der Waals surface area contributed by atoms with Crippen LogP contribution in [0.25, 0.3) is 0 Å². The van der Waals surface area contributed by atoms with E-state index in [1.807, 2.05) is 6.07 Å². The molecule has 6 unspecified atom stereocenters. The molecule has 5 aliphatic rings. The van der Waals surface area contributed by atoms with Gasteiger partial charge in [0.1, 0.15) is 17.2 Å². The van der Waals surface area contributed by atoms with Crippen molar-refractivity contribution in [3.8, 4) is 11.8 Å². The molecule has 40 heavy (non-hydrogen) atoms. The molecule has 10 heteroatoms. The minimum absolute atomic E-state index is 0.0401. The molecule has 3 saturated heterocycles. The zero-order chi connectivity index (χ0) is 27.9. The number of piperazine rings is 1. The molecule has 1 aliphatic carbocycles. The van der Waals surface area contributed by atoms with Crippen LogP contribution in [0.3, 0.4) is 0 Å². The van der Waals surface area contributed by atoms with Crippen LogP contribution < -0.4 is 15.4 Å². The lowest BCUT2D eigenvalue weighted by atomic mass is 9.71. The van der Waals surface area contributed by atoms with E-state index in [9.17, 15) is 14.4 Å². The molecule has 216 valence electrons. The third-order valence-corrected chi connectivity index (χ3v) is 9.82. The maximum absolute atomic E-state index is 13.9. The second kappa shape index (κ2) is 11.4. The van der Waals surface area contributed by atoms with E-state index >= 15 is 0 Å². The van der Waals surface area contributed by atoms with Crippen LogP contribution in [-0.2, 0) is 16.0 Å². The second-order valence-corrected chi connectivity index (χ2v) is 12.2. The summed E-state index contributed by atoms with van der Waals surface area (Å²) in [6, 6.07) is 7.54. The van der Waals surface area contributed by atoms with Gasteiger partial charge in [-0.25, -0.2) is 4.39 Å². The topological polar surface area (TPSA) is 93.1 Å². The molecule has 9 nitrogen and oxygen atoms in total. The third-order valence-electron chi connectivity index (χ3n) is 9.82. The Balaban J connectivity index is 1.20. The van der Waals surface area contributed by atoms with Crippen molar-refractivity contribution >= 4 is 5.91 Å². The van der Waals surface area contributed by atoms with E-state index in [1.165, 1.54) is 24.6 Å². The Morgan fingerprint density at radius 2 is 2.17 bits per heavy atom. The molecule has 1 aromatic rings. The lowest BCUT2D eigenvalue weighted by Gasteiger charge is -2.54. The van der Waals surface area contributed by atoms with Crippen LogP contribution in [-0.4, -0.2) is 96.7 Å². The number of halogens is 1. The lowest BCUT2D eigenvalue weighted by Crippen LogP contribution is -2.73. The molecule has 7 atom stereocenters. The number of benzene rings is 1. The van der Waals surface area contributed by atoms with Crippen molar-refractivity contribution in [2.45, 2.75) is 81.2 Å². The number of hydrogen-bond donors (Lipinski definition) is 2. The molecule has 0 aromatic heterocycles. The van der Waals surface area contributed by atoms with Crippen LogP contribution in [0.1, 0.15) is 44.1 Å². The highest BCUT2D eigenvalue weighted by Gasteiger charge is 2.52. The number of carbonyl (C=O) groups is 1. The smallest absolute Gasteiger partial charge is 0.246 e. The van der Waals surface area contributed by atoms with Crippen molar-refractivity contribution in [2.75, 3.05) is 39.8 Å². The van der Waals surface area contributed by atoms with Gasteiger partial charge < -0.3 is 19.3 Å². The van der Waals surface area contributed by atoms with Gasteiger partial charge in [-0.15, -0.1) is 0 Å². The average molecular weight is 553 g/mol. The Morgan fingerprint density at radius 1 is 1.30 bits per heavy atom. The van der Waals surface area contributed by atoms with Gasteiger partial charge in [-0.05, 0) is 57.0 Å². The number of rotatable bonds is 6. The van der Waals surface area contributed by atoms with Gasteiger partial charge in [-0.2, -0.15) is 5.26 Å². The van der Waals surface area contributed by atoms with E-state index in [4.69, 9.17) is 9.47 Å². The first-order chi connectivity index (χ1) is 19.4. The number of fused-ring (bicyclic) bond motifs is 2. The molecule has 1 aromatic carbocycles. The molecule has 4 fully saturated rings. The molecule has 1 spiro atoms. The molecule has 0 bridgehead atoms. The molecular weight excluding hydrogens is 511 g/mol. The number of carbonyl (C=O) groups excluding carboxylic acids is 1. The predicted octanol–water partition coefficient (Wildman–Crippen LogP) is 2.19. The van der Waals surface area contributed by atoms with Gasteiger partial charge in [0.2, 0.25) is 5.91 Å². The van der Waals surface area contributed by atoms with E-state index in [-0.39, 0.29) is 48.3 Å². The first-order valence-electron chi connectivity index (χ1n) is 14.7. The summed E-state index contributed by atoms with van der Waals surface area (Å²) in [5.74, 6) is 0.583. The van der Waals surface area contributed by atoms with Crippen LogP contribution in [0.15, 0.2) is 30.9 Å². The fraction of sp³-hybridized carbons (Fsp3) is 0.667. The fourth-order valence-electron chi connectivity index (χ4n) is 7.69. The van der Waals surface area contributed by atoms with Gasteiger partial charge >= 0.3 is 0 Å². The average Bonchev–Trinajstić information content (AvgIpc) is 3.52. The summed E-state index contributed by atoms with van der Waals surface area (Å²) in [6.45, 7) is 7.30. The zero-order valence-electron chi connectivity index (χ0n) is 23.4. The first-order valence-corrected chi connectivity index (χ1v) is 14.7. The van der Waals surface area contributed by atoms with E-state index in [2.05, 4.69) is 40.1 Å². The summed E-state index contributed by atoms with van der Waals surface area (Å²) < 4.78 is 26.9. The number of nitrogens with one attached hydrogen (secondary N) is 2. The maximum Gasteiger partial charge on any atom is 0.246 e. The zero-order valence-corrected chi connectivity index (χ0v) is 23.4. The largest absolute Gasteiger partial charge is 0.486 e. The SMILES string of the molecule is C=CC(=O)N1CCN(C2NC(OCC3CCCN3C)NC3C[C@]4(CCC32)Cc2ccc(F)cc2O4)CC1CC#N. The summed E-state index contributed by atoms with van der Waals surface area (Å²) in [7, 11) is 2.16. The molecule has 1 amide bonds. The van der Waals surface area contributed by atoms with Crippen LogP contribution in [0.5, 0.6) is 5.75 Å². The summed E-state index contributed by atoms with van der Waals surface area (Å²) >= 11 is 0. The van der Waals surface area contributed by atoms with Gasteiger partial charge in [0.15, 0.2) is 6.35 Å². The highest BCUT2D eigenvalue weighted by atomic mass is 19.1. The van der Waals surface area contributed by atoms with Gasteiger partial charge in [0.05, 0.1) is 31.3 Å². The van der Waals surface area contributed by atoms with Gasteiger partial charge in [-0.1, -0.05) is 12.6 Å². The Morgan fingerprint density at radius 3 is 2.95 bits per heavy atom. The monoisotopic (exact) mass is 552 g/mol. The number of likely N-dealkylation sites (N-methyl/N-ethyl adjacent to an activating group) is 1. The Hall–Kier alpha value is -2.55. The van der Waals surface area contributed by atoms with Crippen molar-refractivity contribution in [3.63, 3.8) is 0 Å². The summed E-state index contributed by atoms with van der Waals surface area (Å²) in [6.07, 6.45) is 7.11. The summed E-state index contributed by atoms with van der Waals surface area (Å²) in [5.41, 5.74) is 0.727. The molecule has 6 rings (SSSR count). The van der Waals surface area contributed by atoms with E-state index < -0.39 is 0 Å². The van der Waals surface area contributed by atoms with Crippen molar-refractivity contribution in [1.82, 2.24) is 25.3 Å². The number of ether oxygens (including phenoxy) is 2. The third kappa shape index (κ3) is 5.38. The van der Waals surface area contributed by atoms with E-state index in [0.29, 0.717) is 44.0 Å². The Labute approximate surface area is 236 Å². The Bertz CT molecular complexity index is 1160. The number of nitrogens with zero attached hydrogens (tertiary/aromatic N) is 4. The predicted molar refractivity (Wildman–Crippen MR) is 148 cm³/mol. The maximum atomic E-state index is 13.9. The van der Waals surface area contributed by atoms with Gasteiger partial charge in [-0.3, -0.25) is 20.3 Å². The fourth-order valence-corrected chi connectivity index (χ4v) is 7.69. The van der Waals surface area contributed by atoms with Crippen molar-refractivity contribution in [1.29, 1.82) is 5.26 Å². The summed E-state index contributed by atoms with van der Waals surface area (Å²) in [5, 5.41) is 17.0. The molecule has 2 N–H and O–H groups in total. The highest BCUT2D eigenvalue weighted by Crippen LogP contribution is 2.46. The normalized spacial score (nSPS) is 36.1. The molecule has 4 aliphatic heterocycles. The quantitative estimate of drug-likeness (QED) is 0.519. The second-order valence-electron chi connectivity index (χ2n) is 12.2. The summed E-state index contributed by atoms with van der Waals surface area (Å²) in [4.78, 5) is 19.1. The highest BCUT2D eigenvalue weighted by molar-refractivity contribution is 5.87. The van der Waals surface area contributed by atoms with Gasteiger partial charge in [0.25, 0.3) is 0 Å². The van der Waals surface area contributed by atoms with Crippen LogP contribution in [0.2, 0.25) is 0 Å². The van der Waals surface area contributed by atoms with Crippen LogP contribution >= 0.6 is 0 Å². The minimum atomic E-state index is -0.346. The van der Waals surface area contributed by atoms with Crippen molar-refractivity contribution < 1.29 is 18.7 Å². The standard InChI is InChI=1S/C30H41FN6O3/c1-3-27(38)37-14-13-36(18-22(37)9-11-32)28-24-8-10-30(16-20-6-7-21(31)15-26(20)40-30)17-25(24)33-29(34-28)39-19-23-5-4-12-35(23)2/h3,6-7,15,22-25,28-29,33-34H,1,4-5,8-10,12-14,16-19H2,2H3/t22?,23?,24?,25?,28?,29?,30-/m0/s1. The number of amides is 1. The first kappa shape index (κ1) is 27.6. The lowest BCUT2D eigenvalue weighted by molar-refractivity contribution is -0.138. The van der Waals surface area contributed by atoms with Crippen molar-refractivity contribution in [2.24, 2.45) is 5.92 Å². The molecule has 0 radical (unpaired) electrons. The van der Waals surface area contributed by atoms with E-state index in [1.54, 1.807) is 4.90 Å². The molecule has 1 saturated carbocycles.